The fourth-order valence-corrected chi connectivity index (χ4v) is 1.93. The Kier molecular flexibility index (Phi) is 2.52. The highest BCUT2D eigenvalue weighted by atomic mass is 16.5. The molecule has 1 aliphatic carbocycles. The maximum atomic E-state index is 8.71. The van der Waals surface area contributed by atoms with Crippen LogP contribution >= 0.6 is 0 Å². The van der Waals surface area contributed by atoms with Crippen molar-refractivity contribution in [2.75, 3.05) is 26.2 Å². The summed E-state index contributed by atoms with van der Waals surface area (Å²) in [6.45, 7) is 6.00. The summed E-state index contributed by atoms with van der Waals surface area (Å²) < 4.78 is 5.28. The molecule has 2 rings (SSSR count). The number of hydrogen-bond donors (Lipinski definition) is 0. The summed E-state index contributed by atoms with van der Waals surface area (Å²) in [5.41, 5.74) is 0. The van der Waals surface area contributed by atoms with Crippen LogP contribution in [0.4, 0.5) is 0 Å². The van der Waals surface area contributed by atoms with Crippen LogP contribution in [0.1, 0.15) is 13.3 Å². The second-order valence-electron chi connectivity index (χ2n) is 4.22. The van der Waals surface area contributed by atoms with Gasteiger partial charge < -0.3 is 4.74 Å². The molecule has 3 nitrogen and oxygen atoms in total. The van der Waals surface area contributed by atoms with Crippen LogP contribution in [0, 0.1) is 23.2 Å². The Bertz CT molecular complexity index is 223. The Hall–Kier alpha value is -0.590. The van der Waals surface area contributed by atoms with E-state index in [0.29, 0.717) is 0 Å². The minimum absolute atomic E-state index is 0.192. The fraction of sp³-hybridized carbons (Fsp3) is 0.900. The Morgan fingerprint density at radius 3 is 3.00 bits per heavy atom. The third kappa shape index (κ3) is 2.20. The quantitative estimate of drug-likeness (QED) is 0.632. The number of ether oxygens (including phenoxy) is 1. The average Bonchev–Trinajstić information content (AvgIpc) is 2.82. The highest BCUT2D eigenvalue weighted by Gasteiger charge is 2.35. The summed E-state index contributed by atoms with van der Waals surface area (Å²) in [6, 6.07) is 2.17. The van der Waals surface area contributed by atoms with E-state index < -0.39 is 0 Å². The van der Waals surface area contributed by atoms with E-state index in [9.17, 15) is 0 Å². The van der Waals surface area contributed by atoms with Crippen LogP contribution in [-0.4, -0.2) is 37.2 Å². The van der Waals surface area contributed by atoms with E-state index in [-0.39, 0.29) is 6.10 Å². The van der Waals surface area contributed by atoms with Crippen molar-refractivity contribution in [2.24, 2.45) is 11.8 Å². The molecule has 0 bridgehead atoms. The van der Waals surface area contributed by atoms with Gasteiger partial charge in [-0.3, -0.25) is 4.90 Å². The first-order valence-electron chi connectivity index (χ1n) is 5.03. The first-order chi connectivity index (χ1) is 6.29. The monoisotopic (exact) mass is 180 g/mol. The molecule has 13 heavy (non-hydrogen) atoms. The van der Waals surface area contributed by atoms with E-state index in [1.165, 1.54) is 13.0 Å². The van der Waals surface area contributed by atoms with Gasteiger partial charge in [0.15, 0.2) is 6.10 Å². The number of hydrogen-bond acceptors (Lipinski definition) is 3. The smallest absolute Gasteiger partial charge is 0.156 e. The number of nitrogens with zero attached hydrogens (tertiary/aromatic N) is 2. The predicted molar refractivity (Wildman–Crippen MR) is 49.1 cm³/mol. The molecule has 1 heterocycles. The van der Waals surface area contributed by atoms with E-state index >= 15 is 0 Å². The van der Waals surface area contributed by atoms with Gasteiger partial charge in [0.1, 0.15) is 0 Å². The van der Waals surface area contributed by atoms with Crippen molar-refractivity contribution in [3.8, 4) is 6.07 Å². The van der Waals surface area contributed by atoms with Crippen LogP contribution in [0.2, 0.25) is 0 Å². The average molecular weight is 180 g/mol. The van der Waals surface area contributed by atoms with E-state index in [0.717, 1.165) is 31.5 Å². The molecule has 0 aromatic heterocycles. The van der Waals surface area contributed by atoms with E-state index in [1.807, 2.05) is 0 Å². The Balaban J connectivity index is 1.76. The van der Waals surface area contributed by atoms with Crippen LogP contribution in [0.25, 0.3) is 0 Å². The third-order valence-electron chi connectivity index (χ3n) is 3.06. The summed E-state index contributed by atoms with van der Waals surface area (Å²) in [4.78, 5) is 2.37. The molecule has 0 N–H and O–H groups in total. The molecule has 0 amide bonds. The van der Waals surface area contributed by atoms with Gasteiger partial charge in [0, 0.05) is 19.6 Å². The van der Waals surface area contributed by atoms with Crippen molar-refractivity contribution in [3.05, 3.63) is 0 Å². The predicted octanol–water partition coefficient (Wildman–Crippen LogP) is 0.867. The molecule has 3 heteroatoms. The van der Waals surface area contributed by atoms with E-state index in [4.69, 9.17) is 10.00 Å². The van der Waals surface area contributed by atoms with E-state index in [2.05, 4.69) is 17.9 Å². The lowest BCUT2D eigenvalue weighted by molar-refractivity contribution is -0.00150. The Labute approximate surface area is 79.3 Å². The van der Waals surface area contributed by atoms with Crippen molar-refractivity contribution < 1.29 is 4.74 Å². The van der Waals surface area contributed by atoms with Crippen molar-refractivity contribution in [1.29, 1.82) is 5.26 Å². The van der Waals surface area contributed by atoms with Gasteiger partial charge in [0.05, 0.1) is 12.7 Å². The molecular weight excluding hydrogens is 164 g/mol. The largest absolute Gasteiger partial charge is 0.361 e. The summed E-state index contributed by atoms with van der Waals surface area (Å²) in [6.07, 6.45) is 1.18. The highest BCUT2D eigenvalue weighted by molar-refractivity contribution is 4.92. The SMILES string of the molecule is CC1CC1CN1CCOC(C#N)C1. The Morgan fingerprint density at radius 2 is 2.38 bits per heavy atom. The van der Waals surface area contributed by atoms with Crippen LogP contribution < -0.4 is 0 Å². The zero-order chi connectivity index (χ0) is 9.26. The number of nitriles is 1. The Morgan fingerprint density at radius 1 is 1.62 bits per heavy atom. The molecule has 0 aromatic rings. The summed E-state index contributed by atoms with van der Waals surface area (Å²) in [5, 5.41) is 8.71. The standard InChI is InChI=1S/C10H16N2O/c1-8-4-9(8)6-12-2-3-13-10(5-11)7-12/h8-10H,2-4,6-7H2,1H3. The maximum Gasteiger partial charge on any atom is 0.156 e. The van der Waals surface area contributed by atoms with Crippen LogP contribution in [0.3, 0.4) is 0 Å². The van der Waals surface area contributed by atoms with Gasteiger partial charge in [0.25, 0.3) is 0 Å². The van der Waals surface area contributed by atoms with Crippen molar-refractivity contribution >= 4 is 0 Å². The van der Waals surface area contributed by atoms with Crippen molar-refractivity contribution in [1.82, 2.24) is 4.90 Å². The third-order valence-corrected chi connectivity index (χ3v) is 3.06. The fourth-order valence-electron chi connectivity index (χ4n) is 1.93. The normalized spacial score (nSPS) is 39.8. The second-order valence-corrected chi connectivity index (χ2v) is 4.22. The van der Waals surface area contributed by atoms with Gasteiger partial charge >= 0.3 is 0 Å². The minimum Gasteiger partial charge on any atom is -0.361 e. The molecule has 0 spiro atoms. The van der Waals surface area contributed by atoms with Crippen LogP contribution in [0.5, 0.6) is 0 Å². The highest BCUT2D eigenvalue weighted by Crippen LogP contribution is 2.38. The van der Waals surface area contributed by atoms with Crippen molar-refractivity contribution in [3.63, 3.8) is 0 Å². The first kappa shape index (κ1) is 8.98. The second kappa shape index (κ2) is 3.65. The van der Waals surface area contributed by atoms with Crippen molar-refractivity contribution in [2.45, 2.75) is 19.4 Å². The lowest BCUT2D eigenvalue weighted by Crippen LogP contribution is -2.42. The zero-order valence-electron chi connectivity index (χ0n) is 8.07. The number of morpholine rings is 1. The molecule has 3 atom stereocenters. The molecular formula is C10H16N2O. The van der Waals surface area contributed by atoms with Gasteiger partial charge in [0.2, 0.25) is 0 Å². The zero-order valence-corrected chi connectivity index (χ0v) is 8.07. The van der Waals surface area contributed by atoms with Gasteiger partial charge in [-0.25, -0.2) is 0 Å². The number of rotatable bonds is 2. The molecule has 1 aliphatic heterocycles. The molecule has 2 fully saturated rings. The van der Waals surface area contributed by atoms with Crippen LogP contribution in [0.15, 0.2) is 0 Å². The molecule has 2 aliphatic rings. The van der Waals surface area contributed by atoms with Gasteiger partial charge in [-0.2, -0.15) is 5.26 Å². The summed E-state index contributed by atoms with van der Waals surface area (Å²) in [7, 11) is 0. The minimum atomic E-state index is -0.192. The topological polar surface area (TPSA) is 36.3 Å². The molecule has 1 saturated carbocycles. The van der Waals surface area contributed by atoms with Crippen LogP contribution in [-0.2, 0) is 4.74 Å². The summed E-state index contributed by atoms with van der Waals surface area (Å²) >= 11 is 0. The van der Waals surface area contributed by atoms with Gasteiger partial charge in [-0.1, -0.05) is 6.92 Å². The van der Waals surface area contributed by atoms with Gasteiger partial charge in [-0.15, -0.1) is 0 Å². The molecule has 0 radical (unpaired) electrons. The lowest BCUT2D eigenvalue weighted by atomic mass is 10.2. The van der Waals surface area contributed by atoms with E-state index in [1.54, 1.807) is 0 Å². The van der Waals surface area contributed by atoms with Gasteiger partial charge in [-0.05, 0) is 18.3 Å². The molecule has 0 aromatic carbocycles. The molecule has 1 saturated heterocycles. The summed E-state index contributed by atoms with van der Waals surface area (Å²) in [5.74, 6) is 1.79. The molecule has 72 valence electrons. The lowest BCUT2D eigenvalue weighted by Gasteiger charge is -2.29. The molecule has 3 unspecified atom stereocenters. The maximum absolute atomic E-state index is 8.71. The first-order valence-corrected chi connectivity index (χ1v) is 5.03.